The lowest BCUT2D eigenvalue weighted by molar-refractivity contribution is -0.137. The van der Waals surface area contributed by atoms with Crippen LogP contribution in [0.25, 0.3) is 11.4 Å². The van der Waals surface area contributed by atoms with Crippen LogP contribution in [0.15, 0.2) is 30.3 Å². The number of hydrogen-bond acceptors (Lipinski definition) is 2. The van der Waals surface area contributed by atoms with Crippen LogP contribution >= 0.6 is 12.2 Å². The largest absolute Gasteiger partial charge is 0.325 e. The van der Waals surface area contributed by atoms with Gasteiger partial charge in [-0.25, -0.2) is 8.78 Å². The molecule has 1 aromatic carbocycles. The zero-order valence-electron chi connectivity index (χ0n) is 9.49. The van der Waals surface area contributed by atoms with Gasteiger partial charge in [0.1, 0.15) is 0 Å². The van der Waals surface area contributed by atoms with Gasteiger partial charge in [-0.3, -0.25) is 9.67 Å². The second-order valence-corrected chi connectivity index (χ2v) is 4.25. The fraction of sp³-hybridized carbons (Fsp3) is 0.273. The van der Waals surface area contributed by atoms with Crippen LogP contribution in [0, 0.1) is 4.77 Å². The van der Waals surface area contributed by atoms with Crippen molar-refractivity contribution >= 4 is 12.2 Å². The molecule has 0 saturated heterocycles. The second-order valence-electron chi connectivity index (χ2n) is 3.87. The van der Waals surface area contributed by atoms with Crippen molar-refractivity contribution in [1.82, 2.24) is 14.8 Å². The monoisotopic (exact) mass is 291 g/mol. The summed E-state index contributed by atoms with van der Waals surface area (Å²) in [5.41, 5.74) is 0.514. The summed E-state index contributed by atoms with van der Waals surface area (Å²) in [6.45, 7) is -1.22. The van der Waals surface area contributed by atoms with Crippen LogP contribution < -0.4 is 0 Å². The Kier molecular flexibility index (Phi) is 3.70. The summed E-state index contributed by atoms with van der Waals surface area (Å²) in [5.74, 6) is -4.06. The maximum atomic E-state index is 13.1. The standard InChI is InChI=1S/C11H9F4N3S/c12-9(13)11(14,15)6-18-8(16-17-10(18)19)7-4-2-1-3-5-7/h1-5,9H,6H2,(H,17,19). The summed E-state index contributed by atoms with van der Waals surface area (Å²) in [5, 5.41) is 6.13. The highest BCUT2D eigenvalue weighted by Gasteiger charge is 2.41. The number of H-pyrrole nitrogens is 1. The zero-order valence-corrected chi connectivity index (χ0v) is 10.3. The molecule has 1 N–H and O–H groups in total. The van der Waals surface area contributed by atoms with Gasteiger partial charge in [0, 0.05) is 5.56 Å². The van der Waals surface area contributed by atoms with Crippen LogP contribution in [0.3, 0.4) is 0 Å². The minimum Gasteiger partial charge on any atom is -0.294 e. The van der Waals surface area contributed by atoms with Crippen molar-refractivity contribution in [3.8, 4) is 11.4 Å². The van der Waals surface area contributed by atoms with Gasteiger partial charge < -0.3 is 0 Å². The lowest BCUT2D eigenvalue weighted by Crippen LogP contribution is -2.32. The Morgan fingerprint density at radius 1 is 1.26 bits per heavy atom. The third-order valence-corrected chi connectivity index (χ3v) is 2.79. The lowest BCUT2D eigenvalue weighted by atomic mass is 10.2. The molecule has 0 aliphatic rings. The number of aromatic amines is 1. The SMILES string of the molecule is FC(F)C(F)(F)Cn1c(-c2ccccc2)n[nH]c1=S. The molecule has 3 nitrogen and oxygen atoms in total. The second kappa shape index (κ2) is 5.12. The Labute approximate surface area is 110 Å². The molecule has 0 amide bonds. The van der Waals surface area contributed by atoms with Gasteiger partial charge >= 0.3 is 12.3 Å². The van der Waals surface area contributed by atoms with E-state index in [-0.39, 0.29) is 10.6 Å². The Hall–Kier alpha value is -1.70. The smallest absolute Gasteiger partial charge is 0.294 e. The van der Waals surface area contributed by atoms with Crippen molar-refractivity contribution in [3.05, 3.63) is 35.1 Å². The van der Waals surface area contributed by atoms with E-state index >= 15 is 0 Å². The highest BCUT2D eigenvalue weighted by atomic mass is 32.1. The number of hydrogen-bond donors (Lipinski definition) is 1. The molecular weight excluding hydrogens is 282 g/mol. The predicted molar refractivity (Wildman–Crippen MR) is 63.8 cm³/mol. The molecule has 102 valence electrons. The van der Waals surface area contributed by atoms with Gasteiger partial charge in [-0.05, 0) is 12.2 Å². The molecule has 1 heterocycles. The molecule has 2 rings (SSSR count). The highest BCUT2D eigenvalue weighted by molar-refractivity contribution is 7.71. The molecule has 0 bridgehead atoms. The predicted octanol–water partition coefficient (Wildman–Crippen LogP) is 3.51. The first-order valence-electron chi connectivity index (χ1n) is 5.28. The van der Waals surface area contributed by atoms with Crippen LogP contribution in [-0.4, -0.2) is 27.1 Å². The summed E-state index contributed by atoms with van der Waals surface area (Å²) < 4.78 is 51.5. The van der Waals surface area contributed by atoms with Gasteiger partial charge in [-0.2, -0.15) is 13.9 Å². The molecule has 0 spiro atoms. The van der Waals surface area contributed by atoms with E-state index in [0.29, 0.717) is 5.56 Å². The number of nitrogens with one attached hydrogen (secondary N) is 1. The Balaban J connectivity index is 2.42. The van der Waals surface area contributed by atoms with E-state index in [1.54, 1.807) is 30.3 Å². The van der Waals surface area contributed by atoms with E-state index in [4.69, 9.17) is 12.2 Å². The number of alkyl halides is 4. The fourth-order valence-corrected chi connectivity index (χ4v) is 1.75. The number of benzene rings is 1. The molecule has 8 heteroatoms. The lowest BCUT2D eigenvalue weighted by Gasteiger charge is -2.16. The highest BCUT2D eigenvalue weighted by Crippen LogP contribution is 2.27. The molecule has 0 aliphatic carbocycles. The third kappa shape index (κ3) is 2.83. The van der Waals surface area contributed by atoms with Gasteiger partial charge in [0.2, 0.25) is 0 Å². The summed E-state index contributed by atoms with van der Waals surface area (Å²) >= 11 is 4.79. The number of halogens is 4. The van der Waals surface area contributed by atoms with Gasteiger partial charge in [-0.1, -0.05) is 30.3 Å². The molecule has 19 heavy (non-hydrogen) atoms. The van der Waals surface area contributed by atoms with E-state index < -0.39 is 18.9 Å². The van der Waals surface area contributed by atoms with E-state index in [1.807, 2.05) is 0 Å². The number of nitrogens with zero attached hydrogens (tertiary/aromatic N) is 2. The zero-order chi connectivity index (χ0) is 14.0. The topological polar surface area (TPSA) is 33.6 Å². The maximum absolute atomic E-state index is 13.1. The first-order valence-corrected chi connectivity index (χ1v) is 5.69. The average molecular weight is 291 g/mol. The van der Waals surface area contributed by atoms with E-state index in [9.17, 15) is 17.6 Å². The van der Waals surface area contributed by atoms with E-state index in [1.165, 1.54) is 0 Å². The normalized spacial score (nSPS) is 12.1. The molecule has 0 aliphatic heterocycles. The van der Waals surface area contributed by atoms with Crippen LogP contribution in [0.1, 0.15) is 0 Å². The van der Waals surface area contributed by atoms with Crippen LogP contribution in [0.4, 0.5) is 17.6 Å². The van der Waals surface area contributed by atoms with Gasteiger partial charge in [0.05, 0.1) is 6.54 Å². The molecular formula is C11H9F4N3S. The maximum Gasteiger partial charge on any atom is 0.325 e. The minimum absolute atomic E-state index is 0.103. The summed E-state index contributed by atoms with van der Waals surface area (Å²) in [6, 6.07) is 8.36. The molecule has 0 saturated carbocycles. The first kappa shape index (κ1) is 13.7. The van der Waals surface area contributed by atoms with Crippen LogP contribution in [0.2, 0.25) is 0 Å². The van der Waals surface area contributed by atoms with E-state index in [2.05, 4.69) is 10.2 Å². The van der Waals surface area contributed by atoms with Crippen LogP contribution in [-0.2, 0) is 6.54 Å². The fourth-order valence-electron chi connectivity index (χ4n) is 1.55. The molecule has 0 unspecified atom stereocenters. The summed E-state index contributed by atoms with van der Waals surface area (Å²) in [6.07, 6.45) is -3.76. The Bertz CT molecular complexity index is 606. The van der Waals surface area contributed by atoms with Gasteiger partial charge in [0.15, 0.2) is 10.6 Å². The molecule has 1 aromatic heterocycles. The van der Waals surface area contributed by atoms with E-state index in [0.717, 1.165) is 4.57 Å². The molecule has 2 aromatic rings. The van der Waals surface area contributed by atoms with Crippen molar-refractivity contribution in [2.45, 2.75) is 18.9 Å². The number of aromatic nitrogens is 3. The first-order chi connectivity index (χ1) is 8.92. The quantitative estimate of drug-likeness (QED) is 0.691. The van der Waals surface area contributed by atoms with Crippen molar-refractivity contribution in [2.75, 3.05) is 0 Å². The average Bonchev–Trinajstić information content (AvgIpc) is 2.71. The molecule has 0 radical (unpaired) electrons. The Morgan fingerprint density at radius 2 is 1.89 bits per heavy atom. The van der Waals surface area contributed by atoms with Crippen LogP contribution in [0.5, 0.6) is 0 Å². The Morgan fingerprint density at radius 3 is 2.47 bits per heavy atom. The molecule has 0 atom stereocenters. The minimum atomic E-state index is -4.16. The summed E-state index contributed by atoms with van der Waals surface area (Å²) in [7, 11) is 0. The third-order valence-electron chi connectivity index (χ3n) is 2.48. The molecule has 0 fully saturated rings. The van der Waals surface area contributed by atoms with Crippen molar-refractivity contribution in [1.29, 1.82) is 0 Å². The number of rotatable bonds is 4. The summed E-state index contributed by atoms with van der Waals surface area (Å²) in [4.78, 5) is 0. The van der Waals surface area contributed by atoms with Crippen molar-refractivity contribution in [2.24, 2.45) is 0 Å². The van der Waals surface area contributed by atoms with Gasteiger partial charge in [0.25, 0.3) is 0 Å². The van der Waals surface area contributed by atoms with Crippen molar-refractivity contribution in [3.63, 3.8) is 0 Å². The van der Waals surface area contributed by atoms with Crippen molar-refractivity contribution < 1.29 is 17.6 Å². The van der Waals surface area contributed by atoms with Gasteiger partial charge in [-0.15, -0.1) is 0 Å².